The molecule has 1 heterocycles. The van der Waals surface area contributed by atoms with Gasteiger partial charge in [0.1, 0.15) is 11.6 Å². The third-order valence-electron chi connectivity index (χ3n) is 6.01. The Balaban J connectivity index is 1.50. The van der Waals surface area contributed by atoms with Crippen molar-refractivity contribution in [1.82, 2.24) is 10.6 Å². The van der Waals surface area contributed by atoms with Crippen LogP contribution in [0.15, 0.2) is 36.4 Å². The average molecular weight is 477 g/mol. The molecule has 2 N–H and O–H groups in total. The fraction of sp³-hybridized carbons (Fsp3) is 0.304. The number of carbonyl (C=O) groups is 4. The summed E-state index contributed by atoms with van der Waals surface area (Å²) in [5.74, 6) is -2.20. The highest BCUT2D eigenvalue weighted by molar-refractivity contribution is 6.36. The van der Waals surface area contributed by atoms with Crippen LogP contribution in [0.5, 0.6) is 0 Å². The molecule has 0 bridgehead atoms. The van der Waals surface area contributed by atoms with E-state index in [1.165, 1.54) is 24.3 Å². The van der Waals surface area contributed by atoms with Crippen LogP contribution in [0.25, 0.3) is 0 Å². The molecule has 1 unspecified atom stereocenters. The smallest absolute Gasteiger partial charge is 0.234 e. The Hall–Kier alpha value is -2.77. The highest BCUT2D eigenvalue weighted by Crippen LogP contribution is 2.42. The summed E-state index contributed by atoms with van der Waals surface area (Å²) in [6, 6.07) is 8.79. The predicted molar refractivity (Wildman–Crippen MR) is 116 cm³/mol. The van der Waals surface area contributed by atoms with Gasteiger partial charge in [-0.25, -0.2) is 4.39 Å². The lowest BCUT2D eigenvalue weighted by Crippen LogP contribution is -2.53. The van der Waals surface area contributed by atoms with Crippen LogP contribution >= 0.6 is 23.2 Å². The minimum Gasteiger partial charge on any atom is -0.351 e. The van der Waals surface area contributed by atoms with E-state index in [9.17, 15) is 23.6 Å². The lowest BCUT2D eigenvalue weighted by molar-refractivity contribution is -0.141. The quantitative estimate of drug-likeness (QED) is 0.645. The van der Waals surface area contributed by atoms with Crippen molar-refractivity contribution in [3.8, 4) is 0 Å². The van der Waals surface area contributed by atoms with E-state index in [2.05, 4.69) is 10.6 Å². The second-order valence-electron chi connectivity index (χ2n) is 8.14. The van der Waals surface area contributed by atoms with Gasteiger partial charge in [0.05, 0.1) is 11.3 Å². The van der Waals surface area contributed by atoms with Gasteiger partial charge in [-0.2, -0.15) is 0 Å². The van der Waals surface area contributed by atoms with Crippen molar-refractivity contribution in [1.29, 1.82) is 0 Å². The molecule has 1 aliphatic heterocycles. The van der Waals surface area contributed by atoms with E-state index >= 15 is 0 Å². The number of Topliss-reactive ketones (excluding diaryl/α,β-unsaturated/α-hetero) is 1. The molecule has 2 aromatic carbocycles. The van der Waals surface area contributed by atoms with Crippen LogP contribution in [0, 0.1) is 5.82 Å². The minimum absolute atomic E-state index is 0.0378. The normalized spacial score (nSPS) is 19.8. The second kappa shape index (κ2) is 8.64. The number of hydrogen-bond acceptors (Lipinski definition) is 4. The van der Waals surface area contributed by atoms with E-state index in [1.54, 1.807) is 12.1 Å². The van der Waals surface area contributed by atoms with E-state index in [-0.39, 0.29) is 53.5 Å². The van der Waals surface area contributed by atoms with Crippen molar-refractivity contribution in [2.45, 2.75) is 43.6 Å². The fourth-order valence-electron chi connectivity index (χ4n) is 4.28. The average Bonchev–Trinajstić information content (AvgIpc) is 2.71. The van der Waals surface area contributed by atoms with Crippen LogP contribution in [0.1, 0.15) is 48.3 Å². The van der Waals surface area contributed by atoms with Crippen LogP contribution < -0.4 is 10.6 Å². The number of imide groups is 1. The molecule has 1 saturated heterocycles. The summed E-state index contributed by atoms with van der Waals surface area (Å²) in [6.45, 7) is 0.102. The Kier molecular flexibility index (Phi) is 6.05. The lowest BCUT2D eigenvalue weighted by Gasteiger charge is -2.39. The maximum Gasteiger partial charge on any atom is 0.234 e. The summed E-state index contributed by atoms with van der Waals surface area (Å²) in [5.41, 5.74) is 0.621. The predicted octanol–water partition coefficient (Wildman–Crippen LogP) is 3.57. The summed E-state index contributed by atoms with van der Waals surface area (Å²) in [6.07, 6.45) is 0.625. The van der Waals surface area contributed by atoms with Crippen molar-refractivity contribution >= 4 is 46.7 Å². The highest BCUT2D eigenvalue weighted by atomic mass is 35.5. The van der Waals surface area contributed by atoms with Crippen molar-refractivity contribution in [3.05, 3.63) is 69.0 Å². The van der Waals surface area contributed by atoms with Gasteiger partial charge < -0.3 is 5.32 Å². The molecule has 0 spiro atoms. The topological polar surface area (TPSA) is 92.3 Å². The van der Waals surface area contributed by atoms with Gasteiger partial charge in [0.2, 0.25) is 17.7 Å². The molecule has 0 aromatic heterocycles. The van der Waals surface area contributed by atoms with Gasteiger partial charge in [-0.15, -0.1) is 0 Å². The highest BCUT2D eigenvalue weighted by Gasteiger charge is 2.50. The number of halogens is 3. The lowest BCUT2D eigenvalue weighted by atomic mass is 9.63. The van der Waals surface area contributed by atoms with Gasteiger partial charge in [0.25, 0.3) is 0 Å². The molecule has 9 heteroatoms. The summed E-state index contributed by atoms with van der Waals surface area (Å²) in [5, 5.41) is 5.64. The first kappa shape index (κ1) is 22.4. The van der Waals surface area contributed by atoms with Crippen LogP contribution in [-0.2, 0) is 31.1 Å². The Labute approximate surface area is 193 Å². The van der Waals surface area contributed by atoms with Crippen LogP contribution in [-0.4, -0.2) is 23.5 Å². The first-order valence-corrected chi connectivity index (χ1v) is 10.8. The number of rotatable bonds is 5. The molecule has 6 nitrogen and oxygen atoms in total. The van der Waals surface area contributed by atoms with Crippen LogP contribution in [0.4, 0.5) is 4.39 Å². The molecule has 0 radical (unpaired) electrons. The van der Waals surface area contributed by atoms with E-state index in [0.29, 0.717) is 23.1 Å². The number of hydrogen-bond donors (Lipinski definition) is 2. The molecule has 166 valence electrons. The Morgan fingerprint density at radius 1 is 1.09 bits per heavy atom. The fourth-order valence-corrected chi connectivity index (χ4v) is 5.07. The Bertz CT molecular complexity index is 1100. The molecular weight excluding hydrogens is 458 g/mol. The largest absolute Gasteiger partial charge is 0.351 e. The molecule has 1 aliphatic carbocycles. The molecule has 4 rings (SSSR count). The van der Waals surface area contributed by atoms with Crippen molar-refractivity contribution < 1.29 is 23.6 Å². The first-order valence-electron chi connectivity index (χ1n) is 10.1. The standard InChI is InChI=1S/C23H19Cl2FN2O4/c24-17-7-12(8-18(25)20(17)16-5-6-19(30)28-21(16)31)11-27-22(32)23(9-15(29)10-23)13-1-3-14(26)4-2-13/h1-4,7-8,16H,5-6,9-11H2,(H,27,32)(H,28,30,31). The summed E-state index contributed by atoms with van der Waals surface area (Å²) < 4.78 is 13.3. The molecule has 32 heavy (non-hydrogen) atoms. The maximum absolute atomic E-state index is 13.3. The SMILES string of the molecule is O=C1CC(C(=O)NCc2cc(Cl)c(C3CCC(=O)NC3=O)c(Cl)c2)(c2ccc(F)cc2)C1. The number of nitrogens with one attached hydrogen (secondary N) is 2. The number of amides is 3. The van der Waals surface area contributed by atoms with E-state index < -0.39 is 23.1 Å². The van der Waals surface area contributed by atoms with Gasteiger partial charge >= 0.3 is 0 Å². The Morgan fingerprint density at radius 3 is 2.28 bits per heavy atom. The third-order valence-corrected chi connectivity index (χ3v) is 6.63. The summed E-state index contributed by atoms with van der Waals surface area (Å²) in [4.78, 5) is 48.3. The van der Waals surface area contributed by atoms with Crippen LogP contribution in [0.3, 0.4) is 0 Å². The number of carbonyl (C=O) groups excluding carboxylic acids is 4. The number of piperidine rings is 1. The zero-order valence-corrected chi connectivity index (χ0v) is 18.4. The van der Waals surface area contributed by atoms with Crippen molar-refractivity contribution in [3.63, 3.8) is 0 Å². The van der Waals surface area contributed by atoms with Gasteiger partial charge in [0, 0.05) is 41.4 Å². The summed E-state index contributed by atoms with van der Waals surface area (Å²) in [7, 11) is 0. The molecule has 2 aliphatic rings. The molecule has 3 amide bonds. The van der Waals surface area contributed by atoms with E-state index in [0.717, 1.165) is 0 Å². The van der Waals surface area contributed by atoms with E-state index in [4.69, 9.17) is 23.2 Å². The zero-order chi connectivity index (χ0) is 23.0. The van der Waals surface area contributed by atoms with Gasteiger partial charge in [0.15, 0.2) is 0 Å². The molecule has 1 atom stereocenters. The second-order valence-corrected chi connectivity index (χ2v) is 8.96. The number of ketones is 1. The number of benzene rings is 2. The molecular formula is C23H19Cl2FN2O4. The Morgan fingerprint density at radius 2 is 1.72 bits per heavy atom. The van der Waals surface area contributed by atoms with Crippen molar-refractivity contribution in [2.75, 3.05) is 0 Å². The molecule has 1 saturated carbocycles. The third kappa shape index (κ3) is 4.14. The van der Waals surface area contributed by atoms with Gasteiger partial charge in [-0.1, -0.05) is 35.3 Å². The summed E-state index contributed by atoms with van der Waals surface area (Å²) >= 11 is 12.8. The monoisotopic (exact) mass is 476 g/mol. The molecule has 2 fully saturated rings. The maximum atomic E-state index is 13.3. The first-order chi connectivity index (χ1) is 15.2. The minimum atomic E-state index is -1.02. The molecule has 2 aromatic rings. The van der Waals surface area contributed by atoms with Gasteiger partial charge in [-0.3, -0.25) is 24.5 Å². The van der Waals surface area contributed by atoms with Gasteiger partial charge in [-0.05, 0) is 41.8 Å². The van der Waals surface area contributed by atoms with E-state index in [1.807, 2.05) is 0 Å². The zero-order valence-electron chi connectivity index (χ0n) is 16.8. The van der Waals surface area contributed by atoms with Crippen molar-refractivity contribution in [2.24, 2.45) is 0 Å². The van der Waals surface area contributed by atoms with Crippen LogP contribution in [0.2, 0.25) is 10.0 Å².